The Morgan fingerprint density at radius 3 is 2.50 bits per heavy atom. The van der Waals surface area contributed by atoms with E-state index >= 15 is 0 Å². The quantitative estimate of drug-likeness (QED) is 0.328. The molecule has 0 radical (unpaired) electrons. The van der Waals surface area contributed by atoms with E-state index in [4.69, 9.17) is 0 Å². The van der Waals surface area contributed by atoms with Crippen LogP contribution in [-0.2, 0) is 19.2 Å². The van der Waals surface area contributed by atoms with Crippen molar-refractivity contribution in [3.05, 3.63) is 47.5 Å². The molecule has 1 heterocycles. The molecular formula is C25H36N4O5. The highest BCUT2D eigenvalue weighted by Gasteiger charge is 2.36. The molecule has 186 valence electrons. The monoisotopic (exact) mass is 472 g/mol. The Labute approximate surface area is 201 Å². The number of nitrogens with one attached hydrogen (secondary N) is 2. The molecule has 0 spiro atoms. The van der Waals surface area contributed by atoms with Crippen molar-refractivity contribution in [3.8, 4) is 0 Å². The van der Waals surface area contributed by atoms with Gasteiger partial charge in [0, 0.05) is 19.2 Å². The van der Waals surface area contributed by atoms with E-state index in [1.807, 2.05) is 44.2 Å². The van der Waals surface area contributed by atoms with E-state index < -0.39 is 12.1 Å². The zero-order valence-electron chi connectivity index (χ0n) is 20.4. The van der Waals surface area contributed by atoms with Crippen molar-refractivity contribution in [2.24, 2.45) is 5.92 Å². The van der Waals surface area contributed by atoms with Crippen LogP contribution in [0.5, 0.6) is 0 Å². The number of amides is 4. The molecule has 0 bridgehead atoms. The fourth-order valence-electron chi connectivity index (χ4n) is 4.20. The minimum atomic E-state index is -0.623. The molecule has 1 aromatic carbocycles. The van der Waals surface area contributed by atoms with Gasteiger partial charge in [0.05, 0.1) is 25.2 Å². The molecule has 3 N–H and O–H groups in total. The Balaban J connectivity index is 2.14. The third-order valence-electron chi connectivity index (χ3n) is 6.14. The molecule has 1 aromatic rings. The van der Waals surface area contributed by atoms with Gasteiger partial charge in [-0.05, 0) is 31.2 Å². The lowest BCUT2D eigenvalue weighted by molar-refractivity contribution is -0.136. The average molecular weight is 473 g/mol. The van der Waals surface area contributed by atoms with Crippen LogP contribution in [0, 0.1) is 5.92 Å². The number of benzene rings is 1. The minimum Gasteiger partial charge on any atom is -0.394 e. The van der Waals surface area contributed by atoms with Crippen LogP contribution >= 0.6 is 0 Å². The smallest absolute Gasteiger partial charge is 0.249 e. The zero-order valence-corrected chi connectivity index (χ0v) is 20.4. The van der Waals surface area contributed by atoms with Gasteiger partial charge in [0.25, 0.3) is 0 Å². The summed E-state index contributed by atoms with van der Waals surface area (Å²) in [6.07, 6.45) is 3.47. The molecule has 0 saturated carbocycles. The highest BCUT2D eigenvalue weighted by Crippen LogP contribution is 2.23. The Hall–Kier alpha value is -3.20. The Kier molecular flexibility index (Phi) is 10.2. The highest BCUT2D eigenvalue weighted by molar-refractivity contribution is 5.97. The van der Waals surface area contributed by atoms with Gasteiger partial charge in [-0.15, -0.1) is 0 Å². The molecule has 4 amide bonds. The summed E-state index contributed by atoms with van der Waals surface area (Å²) >= 11 is 0. The SMILES string of the molecule is C/C(=C\C(C(C)C)N(C)C(=O)CNC=O)C(=O)N1CCC[C@H]1C(=O)NC(CO)c1ccccc1. The van der Waals surface area contributed by atoms with E-state index in [0.717, 1.165) is 5.56 Å². The van der Waals surface area contributed by atoms with Crippen molar-refractivity contribution in [2.75, 3.05) is 26.7 Å². The number of nitrogens with zero attached hydrogens (tertiary/aromatic N) is 2. The average Bonchev–Trinajstić information content (AvgIpc) is 3.33. The third-order valence-corrected chi connectivity index (χ3v) is 6.14. The van der Waals surface area contributed by atoms with Crippen molar-refractivity contribution < 1.29 is 24.3 Å². The molecule has 1 fully saturated rings. The number of hydrogen-bond acceptors (Lipinski definition) is 5. The molecule has 1 aliphatic rings. The lowest BCUT2D eigenvalue weighted by Gasteiger charge is -2.30. The first-order valence-corrected chi connectivity index (χ1v) is 11.6. The standard InChI is InChI=1S/C25H36N4O5/c1-17(2)22(28(4)23(32)14-26-16-31)13-18(3)25(34)29-12-8-11-21(29)24(33)27-20(15-30)19-9-6-5-7-10-19/h5-7,9-10,13,16-17,20-22,30H,8,11-12,14-15H2,1-4H3,(H,26,31)(H,27,33)/b18-13+/t20?,21-,22?/m0/s1. The summed E-state index contributed by atoms with van der Waals surface area (Å²) in [6.45, 7) is 5.67. The van der Waals surface area contributed by atoms with Crippen molar-refractivity contribution in [2.45, 2.75) is 51.7 Å². The summed E-state index contributed by atoms with van der Waals surface area (Å²) in [7, 11) is 1.64. The second kappa shape index (κ2) is 12.9. The maximum absolute atomic E-state index is 13.3. The lowest BCUT2D eigenvalue weighted by atomic mass is 9.99. The van der Waals surface area contributed by atoms with Gasteiger partial charge in [-0.25, -0.2) is 0 Å². The molecule has 2 unspecified atom stereocenters. The van der Waals surface area contributed by atoms with Gasteiger partial charge in [0.2, 0.25) is 24.1 Å². The molecule has 34 heavy (non-hydrogen) atoms. The van der Waals surface area contributed by atoms with E-state index in [1.54, 1.807) is 24.9 Å². The molecule has 9 heteroatoms. The van der Waals surface area contributed by atoms with Crippen LogP contribution in [0.2, 0.25) is 0 Å². The topological polar surface area (TPSA) is 119 Å². The summed E-state index contributed by atoms with van der Waals surface area (Å²) in [5.41, 5.74) is 1.24. The summed E-state index contributed by atoms with van der Waals surface area (Å²) in [5.74, 6) is -0.789. The second-order valence-corrected chi connectivity index (χ2v) is 8.90. The first kappa shape index (κ1) is 27.0. The molecule has 9 nitrogen and oxygen atoms in total. The fraction of sp³-hybridized carbons (Fsp3) is 0.520. The van der Waals surface area contributed by atoms with Crippen LogP contribution < -0.4 is 10.6 Å². The lowest BCUT2D eigenvalue weighted by Crippen LogP contribution is -2.48. The first-order valence-electron chi connectivity index (χ1n) is 11.6. The van der Waals surface area contributed by atoms with E-state index in [-0.39, 0.29) is 42.8 Å². The summed E-state index contributed by atoms with van der Waals surface area (Å²) in [5, 5.41) is 15.0. The summed E-state index contributed by atoms with van der Waals surface area (Å²) in [4.78, 5) is 52.2. The summed E-state index contributed by atoms with van der Waals surface area (Å²) < 4.78 is 0. The fourth-order valence-corrected chi connectivity index (χ4v) is 4.20. The van der Waals surface area contributed by atoms with Crippen LogP contribution in [0.4, 0.5) is 0 Å². The number of aliphatic hydroxyl groups is 1. The highest BCUT2D eigenvalue weighted by atomic mass is 16.3. The van der Waals surface area contributed by atoms with Gasteiger partial charge in [-0.3, -0.25) is 19.2 Å². The Morgan fingerprint density at radius 2 is 1.91 bits per heavy atom. The number of carbonyl (C=O) groups is 4. The molecule has 1 aliphatic heterocycles. The zero-order chi connectivity index (χ0) is 25.3. The van der Waals surface area contributed by atoms with Crippen molar-refractivity contribution in [1.82, 2.24) is 20.4 Å². The van der Waals surface area contributed by atoms with Gasteiger partial charge in [0.15, 0.2) is 0 Å². The van der Waals surface area contributed by atoms with E-state index in [0.29, 0.717) is 31.4 Å². The number of likely N-dealkylation sites (tertiary alicyclic amines) is 1. The van der Waals surface area contributed by atoms with E-state index in [2.05, 4.69) is 10.6 Å². The minimum absolute atomic E-state index is 0.0294. The van der Waals surface area contributed by atoms with Gasteiger partial charge < -0.3 is 25.5 Å². The van der Waals surface area contributed by atoms with Gasteiger partial charge in [-0.1, -0.05) is 50.3 Å². The molecule has 3 atom stereocenters. The van der Waals surface area contributed by atoms with Gasteiger partial charge in [-0.2, -0.15) is 0 Å². The van der Waals surface area contributed by atoms with Crippen LogP contribution in [0.1, 0.15) is 45.2 Å². The predicted molar refractivity (Wildman–Crippen MR) is 128 cm³/mol. The van der Waals surface area contributed by atoms with E-state index in [9.17, 15) is 24.3 Å². The third kappa shape index (κ3) is 6.90. The largest absolute Gasteiger partial charge is 0.394 e. The number of aliphatic hydroxyl groups excluding tert-OH is 1. The van der Waals surface area contributed by atoms with Crippen LogP contribution in [0.25, 0.3) is 0 Å². The van der Waals surface area contributed by atoms with Crippen molar-refractivity contribution in [3.63, 3.8) is 0 Å². The maximum atomic E-state index is 13.3. The Morgan fingerprint density at radius 1 is 1.24 bits per heavy atom. The second-order valence-electron chi connectivity index (χ2n) is 8.90. The Bertz CT molecular complexity index is 887. The van der Waals surface area contributed by atoms with E-state index in [1.165, 1.54) is 4.90 Å². The van der Waals surface area contributed by atoms with Crippen LogP contribution in [0.3, 0.4) is 0 Å². The van der Waals surface area contributed by atoms with Crippen LogP contribution in [-0.4, -0.2) is 77.9 Å². The molecule has 2 rings (SSSR count). The van der Waals surface area contributed by atoms with Crippen LogP contribution in [0.15, 0.2) is 42.0 Å². The van der Waals surface area contributed by atoms with Crippen molar-refractivity contribution >= 4 is 24.1 Å². The molecule has 1 saturated heterocycles. The summed E-state index contributed by atoms with van der Waals surface area (Å²) in [6, 6.07) is 7.68. The molecule has 0 aliphatic carbocycles. The number of likely N-dealkylation sites (N-methyl/N-ethyl adjacent to an activating group) is 1. The van der Waals surface area contributed by atoms with Gasteiger partial charge in [0.1, 0.15) is 6.04 Å². The molecular weight excluding hydrogens is 436 g/mol. The first-order chi connectivity index (χ1) is 16.2. The van der Waals surface area contributed by atoms with Crippen molar-refractivity contribution in [1.29, 1.82) is 0 Å². The number of carbonyl (C=O) groups excluding carboxylic acids is 4. The number of hydrogen-bond donors (Lipinski definition) is 3. The number of rotatable bonds is 11. The maximum Gasteiger partial charge on any atom is 0.249 e. The normalized spacial score (nSPS) is 17.8. The predicted octanol–water partition coefficient (Wildman–Crippen LogP) is 1.00. The van der Waals surface area contributed by atoms with Gasteiger partial charge >= 0.3 is 0 Å². The molecule has 0 aromatic heterocycles.